The van der Waals surface area contributed by atoms with E-state index in [9.17, 15) is 13.6 Å². The maximum Gasteiger partial charge on any atom is 0.252 e. The van der Waals surface area contributed by atoms with E-state index in [1.165, 1.54) is 0 Å². The van der Waals surface area contributed by atoms with Crippen molar-refractivity contribution in [1.29, 1.82) is 0 Å². The van der Waals surface area contributed by atoms with Crippen LogP contribution >= 0.6 is 11.6 Å². The summed E-state index contributed by atoms with van der Waals surface area (Å²) in [6.45, 7) is 6.86. The van der Waals surface area contributed by atoms with Crippen LogP contribution in [-0.2, 0) is 6.54 Å². The molecule has 1 N–H and O–H groups in total. The largest absolute Gasteiger partial charge is 0.352 e. The van der Waals surface area contributed by atoms with Gasteiger partial charge in [-0.2, -0.15) is 5.10 Å². The number of rotatable bonds is 5. The zero-order valence-electron chi connectivity index (χ0n) is 13.2. The van der Waals surface area contributed by atoms with Crippen molar-refractivity contribution < 1.29 is 13.6 Å². The van der Waals surface area contributed by atoms with Crippen molar-refractivity contribution in [2.75, 3.05) is 6.54 Å². The number of carbonyl (C=O) groups excluding carboxylic acids is 1. The Morgan fingerprint density at radius 1 is 1.30 bits per heavy atom. The Morgan fingerprint density at radius 3 is 2.57 bits per heavy atom. The zero-order valence-corrected chi connectivity index (χ0v) is 13.9. The van der Waals surface area contributed by atoms with Crippen LogP contribution in [0.5, 0.6) is 0 Å². The van der Waals surface area contributed by atoms with Crippen molar-refractivity contribution in [3.8, 4) is 0 Å². The third-order valence-electron chi connectivity index (χ3n) is 3.45. The average Bonchev–Trinajstić information content (AvgIpc) is 2.78. The SMILES string of the molecule is Cc1cc(C)n(C[C@H](C)CNC(=O)c2cc(F)c(F)cc2Cl)n1. The highest BCUT2D eigenvalue weighted by Gasteiger charge is 2.16. The number of hydrogen-bond donors (Lipinski definition) is 1. The molecular weight excluding hydrogens is 324 g/mol. The normalized spacial score (nSPS) is 12.3. The van der Waals surface area contributed by atoms with Crippen molar-refractivity contribution in [3.63, 3.8) is 0 Å². The molecule has 0 fully saturated rings. The molecule has 0 aliphatic heterocycles. The number of nitrogens with zero attached hydrogens (tertiary/aromatic N) is 2. The van der Waals surface area contributed by atoms with Crippen LogP contribution in [0, 0.1) is 31.4 Å². The van der Waals surface area contributed by atoms with Gasteiger partial charge < -0.3 is 5.32 Å². The van der Waals surface area contributed by atoms with Gasteiger partial charge in [-0.05, 0) is 38.0 Å². The molecule has 23 heavy (non-hydrogen) atoms. The fourth-order valence-electron chi connectivity index (χ4n) is 2.28. The lowest BCUT2D eigenvalue weighted by Crippen LogP contribution is -2.30. The Morgan fingerprint density at radius 2 is 1.96 bits per heavy atom. The summed E-state index contributed by atoms with van der Waals surface area (Å²) >= 11 is 5.78. The van der Waals surface area contributed by atoms with Gasteiger partial charge in [0.25, 0.3) is 5.91 Å². The van der Waals surface area contributed by atoms with Crippen LogP contribution in [0.2, 0.25) is 5.02 Å². The molecule has 0 spiro atoms. The minimum atomic E-state index is -1.10. The van der Waals surface area contributed by atoms with E-state index >= 15 is 0 Å². The molecule has 124 valence electrons. The van der Waals surface area contributed by atoms with Crippen molar-refractivity contribution in [3.05, 3.63) is 51.8 Å². The summed E-state index contributed by atoms with van der Waals surface area (Å²) in [5.41, 5.74) is 1.90. The third-order valence-corrected chi connectivity index (χ3v) is 3.77. The fourth-order valence-corrected chi connectivity index (χ4v) is 2.51. The van der Waals surface area contributed by atoms with Gasteiger partial charge >= 0.3 is 0 Å². The molecule has 0 aliphatic carbocycles. The quantitative estimate of drug-likeness (QED) is 0.846. The molecule has 7 heteroatoms. The molecule has 1 heterocycles. The zero-order chi connectivity index (χ0) is 17.1. The lowest BCUT2D eigenvalue weighted by molar-refractivity contribution is 0.0946. The summed E-state index contributed by atoms with van der Waals surface area (Å²) in [4.78, 5) is 12.0. The smallest absolute Gasteiger partial charge is 0.252 e. The third kappa shape index (κ3) is 4.28. The Balaban J connectivity index is 1.96. The lowest BCUT2D eigenvalue weighted by Gasteiger charge is -2.14. The standard InChI is InChI=1S/C16H18ClF2N3O/c1-9(8-22-11(3)4-10(2)21-22)7-20-16(23)12-5-14(18)15(19)6-13(12)17/h4-6,9H,7-8H2,1-3H3,(H,20,23)/t9-/m1/s1. The van der Waals surface area contributed by atoms with Gasteiger partial charge in [-0.1, -0.05) is 18.5 Å². The predicted octanol–water partition coefficient (Wildman–Crippen LogP) is 3.50. The van der Waals surface area contributed by atoms with E-state index < -0.39 is 17.5 Å². The number of halogens is 3. The van der Waals surface area contributed by atoms with Crippen molar-refractivity contribution in [2.24, 2.45) is 5.92 Å². The number of benzene rings is 1. The first-order chi connectivity index (χ1) is 10.8. The van der Waals surface area contributed by atoms with Gasteiger partial charge in [-0.15, -0.1) is 0 Å². The van der Waals surface area contributed by atoms with Gasteiger partial charge in [0.2, 0.25) is 0 Å². The molecule has 2 aromatic rings. The Kier molecular flexibility index (Phi) is 5.36. The summed E-state index contributed by atoms with van der Waals surface area (Å²) in [7, 11) is 0. The predicted molar refractivity (Wildman–Crippen MR) is 84.6 cm³/mol. The molecule has 1 aromatic carbocycles. The van der Waals surface area contributed by atoms with Crippen molar-refractivity contribution in [1.82, 2.24) is 15.1 Å². The van der Waals surface area contributed by atoms with E-state index in [2.05, 4.69) is 10.4 Å². The number of hydrogen-bond acceptors (Lipinski definition) is 2. The Labute approximate surface area is 138 Å². The van der Waals surface area contributed by atoms with E-state index in [0.29, 0.717) is 13.1 Å². The molecule has 1 amide bonds. The van der Waals surface area contributed by atoms with Crippen LogP contribution in [0.1, 0.15) is 28.7 Å². The number of carbonyl (C=O) groups is 1. The number of aromatic nitrogens is 2. The van der Waals surface area contributed by atoms with Gasteiger partial charge in [0.1, 0.15) is 0 Å². The highest BCUT2D eigenvalue weighted by Crippen LogP contribution is 2.20. The highest BCUT2D eigenvalue weighted by atomic mass is 35.5. The highest BCUT2D eigenvalue weighted by molar-refractivity contribution is 6.33. The van der Waals surface area contributed by atoms with Crippen LogP contribution in [0.15, 0.2) is 18.2 Å². The van der Waals surface area contributed by atoms with Crippen LogP contribution in [0.4, 0.5) is 8.78 Å². The molecule has 0 bridgehead atoms. The van der Waals surface area contributed by atoms with Gasteiger partial charge in [0, 0.05) is 18.8 Å². The van der Waals surface area contributed by atoms with Gasteiger partial charge in [-0.3, -0.25) is 9.48 Å². The van der Waals surface area contributed by atoms with E-state index in [-0.39, 0.29) is 16.5 Å². The molecule has 0 aliphatic rings. The van der Waals surface area contributed by atoms with E-state index in [4.69, 9.17) is 11.6 Å². The number of amides is 1. The van der Waals surface area contributed by atoms with Crippen molar-refractivity contribution in [2.45, 2.75) is 27.3 Å². The van der Waals surface area contributed by atoms with Gasteiger partial charge in [-0.25, -0.2) is 8.78 Å². The Hall–Kier alpha value is -1.95. The van der Waals surface area contributed by atoms with Crippen LogP contribution in [0.3, 0.4) is 0 Å². The molecule has 0 saturated heterocycles. The first-order valence-corrected chi connectivity index (χ1v) is 7.59. The summed E-state index contributed by atoms with van der Waals surface area (Å²) in [6.07, 6.45) is 0. The van der Waals surface area contributed by atoms with Crippen LogP contribution in [0.25, 0.3) is 0 Å². The average molecular weight is 342 g/mol. The molecule has 0 radical (unpaired) electrons. The van der Waals surface area contributed by atoms with E-state index in [1.54, 1.807) is 0 Å². The van der Waals surface area contributed by atoms with Crippen LogP contribution < -0.4 is 5.32 Å². The topological polar surface area (TPSA) is 46.9 Å². The second-order valence-electron chi connectivity index (χ2n) is 5.67. The Bertz CT molecular complexity index is 730. The molecule has 0 unspecified atom stereocenters. The monoisotopic (exact) mass is 341 g/mol. The van der Waals surface area contributed by atoms with Gasteiger partial charge in [0.15, 0.2) is 11.6 Å². The van der Waals surface area contributed by atoms with Crippen molar-refractivity contribution >= 4 is 17.5 Å². The summed E-state index contributed by atoms with van der Waals surface area (Å²) in [6, 6.07) is 3.58. The molecular formula is C16H18ClF2N3O. The number of nitrogens with one attached hydrogen (secondary N) is 1. The lowest BCUT2D eigenvalue weighted by atomic mass is 10.1. The fraction of sp³-hybridized carbons (Fsp3) is 0.375. The summed E-state index contributed by atoms with van der Waals surface area (Å²) < 4.78 is 28.1. The van der Waals surface area contributed by atoms with E-state index in [0.717, 1.165) is 23.5 Å². The molecule has 2 rings (SSSR count). The first kappa shape index (κ1) is 17.4. The summed E-state index contributed by atoms with van der Waals surface area (Å²) in [5.74, 6) is -2.60. The minimum absolute atomic E-state index is 0.0797. The maximum absolute atomic E-state index is 13.2. The van der Waals surface area contributed by atoms with Crippen LogP contribution in [-0.4, -0.2) is 22.2 Å². The molecule has 1 aromatic heterocycles. The second kappa shape index (κ2) is 7.08. The second-order valence-corrected chi connectivity index (χ2v) is 6.08. The molecule has 4 nitrogen and oxygen atoms in total. The van der Waals surface area contributed by atoms with Gasteiger partial charge in [0.05, 0.1) is 16.3 Å². The number of aryl methyl sites for hydroxylation is 2. The molecule has 1 atom stereocenters. The first-order valence-electron chi connectivity index (χ1n) is 7.21. The maximum atomic E-state index is 13.2. The summed E-state index contributed by atoms with van der Waals surface area (Å²) in [5, 5.41) is 6.92. The van der Waals surface area contributed by atoms with E-state index in [1.807, 2.05) is 31.5 Å². The molecule has 0 saturated carbocycles. The minimum Gasteiger partial charge on any atom is -0.352 e.